The van der Waals surface area contributed by atoms with Gasteiger partial charge in [-0.05, 0) is 0 Å². The van der Waals surface area contributed by atoms with Crippen molar-refractivity contribution in [3.05, 3.63) is 0 Å². The summed E-state index contributed by atoms with van der Waals surface area (Å²) >= 11 is 5.01. The van der Waals surface area contributed by atoms with E-state index in [0.29, 0.717) is 0 Å². The summed E-state index contributed by atoms with van der Waals surface area (Å²) in [5, 5.41) is 13.0. The van der Waals surface area contributed by atoms with Gasteiger partial charge in [0.1, 0.15) is 5.50 Å². The quantitative estimate of drug-likeness (QED) is 0.558. The molecular weight excluding hydrogens is 294 g/mol. The van der Waals surface area contributed by atoms with Gasteiger partial charge in [0.15, 0.2) is 6.23 Å². The molecule has 0 bridgehead atoms. The summed E-state index contributed by atoms with van der Waals surface area (Å²) in [5.41, 5.74) is -0.186. The number of aliphatic hydroxyl groups is 1. The predicted octanol–water partition coefficient (Wildman–Crippen LogP) is 0.0166. The van der Waals surface area contributed by atoms with Crippen LogP contribution in [0.2, 0.25) is 0 Å². The zero-order valence-corrected chi connectivity index (χ0v) is 10.9. The van der Waals surface area contributed by atoms with Crippen LogP contribution in [0, 0.1) is 12.3 Å². The second-order valence-corrected chi connectivity index (χ2v) is 6.56. The van der Waals surface area contributed by atoms with Crippen LogP contribution in [0.5, 0.6) is 0 Å². The molecular formula is C9H12BrN3O2S. The van der Waals surface area contributed by atoms with Crippen LogP contribution in [0.4, 0.5) is 4.79 Å². The molecule has 2 saturated heterocycles. The Kier molecular flexibility index (Phi) is 3.64. The Morgan fingerprint density at radius 3 is 3.06 bits per heavy atom. The fraction of sp³-hybridized carbons (Fsp3) is 0.667. The van der Waals surface area contributed by atoms with Crippen LogP contribution in [0.25, 0.3) is 0 Å². The number of amides is 2. The van der Waals surface area contributed by atoms with Crippen molar-refractivity contribution in [2.45, 2.75) is 15.9 Å². The van der Waals surface area contributed by atoms with Gasteiger partial charge in [-0.3, -0.25) is 10.2 Å². The van der Waals surface area contributed by atoms with Gasteiger partial charge in [0, 0.05) is 6.54 Å². The molecule has 2 aliphatic rings. The summed E-state index contributed by atoms with van der Waals surface area (Å²) < 4.78 is 0.263. The highest BCUT2D eigenvalue weighted by molar-refractivity contribution is 9.11. The molecule has 2 aliphatic heterocycles. The Labute approximate surface area is 107 Å². The summed E-state index contributed by atoms with van der Waals surface area (Å²) in [4.78, 5) is 14.8. The summed E-state index contributed by atoms with van der Waals surface area (Å²) in [6.45, 7) is 1.28. The van der Waals surface area contributed by atoms with Gasteiger partial charge in [-0.25, -0.2) is 4.79 Å². The number of carbonyl (C=O) groups excluding carboxylic acids is 1. The van der Waals surface area contributed by atoms with E-state index in [4.69, 9.17) is 6.42 Å². The highest BCUT2D eigenvalue weighted by Crippen LogP contribution is 2.32. The molecule has 0 radical (unpaired) electrons. The van der Waals surface area contributed by atoms with Crippen LogP contribution in [0.3, 0.4) is 0 Å². The standard InChI is InChI=1S/C9H12BrN3O2S/c1-2-3-12-5-7(14)13(9(12)15)8-11-4-6(10)16-8/h1,6-8,11,14H,3-5H2. The maximum atomic E-state index is 11.9. The molecule has 5 nitrogen and oxygen atoms in total. The number of halogens is 1. The van der Waals surface area contributed by atoms with Crippen molar-refractivity contribution >= 4 is 33.7 Å². The molecule has 7 heteroatoms. The third kappa shape index (κ3) is 2.15. The van der Waals surface area contributed by atoms with Gasteiger partial charge >= 0.3 is 6.03 Å². The molecule has 0 aliphatic carbocycles. The predicted molar refractivity (Wildman–Crippen MR) is 65.7 cm³/mol. The lowest BCUT2D eigenvalue weighted by atomic mass is 10.5. The number of β-amino-alcohol motifs (C(OH)–C–C–N with tert-alkyl or cyclic N) is 1. The summed E-state index contributed by atoms with van der Waals surface area (Å²) in [7, 11) is 0. The average molecular weight is 306 g/mol. The average Bonchev–Trinajstić information content (AvgIpc) is 2.74. The van der Waals surface area contributed by atoms with Crippen LogP contribution in [-0.4, -0.2) is 56.5 Å². The molecule has 0 aromatic rings. The third-order valence-corrected chi connectivity index (χ3v) is 4.55. The van der Waals surface area contributed by atoms with Crippen molar-refractivity contribution in [3.63, 3.8) is 0 Å². The van der Waals surface area contributed by atoms with Gasteiger partial charge in [0.2, 0.25) is 0 Å². The van der Waals surface area contributed by atoms with Crippen LogP contribution in [0.15, 0.2) is 0 Å². The van der Waals surface area contributed by atoms with Crippen LogP contribution in [-0.2, 0) is 0 Å². The van der Waals surface area contributed by atoms with E-state index in [0.717, 1.165) is 6.54 Å². The van der Waals surface area contributed by atoms with E-state index in [2.05, 4.69) is 27.2 Å². The minimum atomic E-state index is -0.788. The van der Waals surface area contributed by atoms with Gasteiger partial charge in [-0.1, -0.05) is 21.9 Å². The summed E-state index contributed by atoms with van der Waals surface area (Å²) in [6.07, 6.45) is 4.38. The van der Waals surface area contributed by atoms with E-state index in [1.165, 1.54) is 9.80 Å². The van der Waals surface area contributed by atoms with Crippen molar-refractivity contribution in [3.8, 4) is 12.3 Å². The lowest BCUT2D eigenvalue weighted by molar-refractivity contribution is 0.0521. The number of thioether (sulfide) groups is 1. The number of hydrogen-bond donors (Lipinski definition) is 2. The monoisotopic (exact) mass is 305 g/mol. The minimum Gasteiger partial charge on any atom is -0.371 e. The molecule has 16 heavy (non-hydrogen) atoms. The Hall–Kier alpha value is -0.420. The number of nitrogens with zero attached hydrogens (tertiary/aromatic N) is 2. The van der Waals surface area contributed by atoms with Crippen molar-refractivity contribution in [2.24, 2.45) is 0 Å². The van der Waals surface area contributed by atoms with E-state index in [1.807, 2.05) is 0 Å². The third-order valence-electron chi connectivity index (χ3n) is 2.46. The second kappa shape index (κ2) is 4.84. The Bertz CT molecular complexity index is 335. The van der Waals surface area contributed by atoms with Crippen LogP contribution in [0.1, 0.15) is 0 Å². The first-order chi connectivity index (χ1) is 7.63. The Balaban J connectivity index is 2.05. The molecule has 3 atom stereocenters. The van der Waals surface area contributed by atoms with Crippen molar-refractivity contribution in [1.82, 2.24) is 15.1 Å². The highest BCUT2D eigenvalue weighted by atomic mass is 79.9. The van der Waals surface area contributed by atoms with E-state index < -0.39 is 6.23 Å². The van der Waals surface area contributed by atoms with Gasteiger partial charge in [0.25, 0.3) is 0 Å². The number of nitrogens with one attached hydrogen (secondary N) is 1. The van der Waals surface area contributed by atoms with Crippen LogP contribution < -0.4 is 5.32 Å². The normalized spacial score (nSPS) is 34.6. The lowest BCUT2D eigenvalue weighted by Crippen LogP contribution is -2.46. The SMILES string of the molecule is C#CCN1CC(O)N(C2NCC(Br)S2)C1=O. The largest absolute Gasteiger partial charge is 0.371 e. The Morgan fingerprint density at radius 1 is 1.75 bits per heavy atom. The van der Waals surface area contributed by atoms with Crippen molar-refractivity contribution in [1.29, 1.82) is 0 Å². The maximum Gasteiger partial charge on any atom is 0.325 e. The molecule has 2 fully saturated rings. The van der Waals surface area contributed by atoms with Gasteiger partial charge in [-0.2, -0.15) is 0 Å². The van der Waals surface area contributed by atoms with Crippen molar-refractivity contribution in [2.75, 3.05) is 19.6 Å². The van der Waals surface area contributed by atoms with E-state index >= 15 is 0 Å². The first kappa shape index (κ1) is 12.0. The molecule has 3 unspecified atom stereocenters. The smallest absolute Gasteiger partial charge is 0.325 e. The molecule has 0 aromatic heterocycles. The van der Waals surface area contributed by atoms with Gasteiger partial charge in [0.05, 0.1) is 17.2 Å². The molecule has 2 rings (SSSR count). The van der Waals surface area contributed by atoms with Crippen molar-refractivity contribution < 1.29 is 9.90 Å². The topological polar surface area (TPSA) is 55.8 Å². The fourth-order valence-corrected chi connectivity index (χ4v) is 3.57. The summed E-state index contributed by atoms with van der Waals surface area (Å²) in [5.74, 6) is 2.41. The first-order valence-corrected chi connectivity index (χ1v) is 6.71. The van der Waals surface area contributed by atoms with Gasteiger partial charge in [-0.15, -0.1) is 18.2 Å². The molecule has 0 saturated carbocycles. The zero-order valence-electron chi connectivity index (χ0n) is 8.47. The van der Waals surface area contributed by atoms with E-state index in [-0.39, 0.29) is 28.8 Å². The molecule has 2 N–H and O–H groups in total. The second-order valence-electron chi connectivity index (χ2n) is 3.56. The number of alkyl halides is 1. The first-order valence-electron chi connectivity index (χ1n) is 4.85. The van der Waals surface area contributed by atoms with Gasteiger partial charge < -0.3 is 10.0 Å². The molecule has 0 spiro atoms. The number of aliphatic hydroxyl groups excluding tert-OH is 1. The summed E-state index contributed by atoms with van der Waals surface area (Å²) in [6, 6.07) is -0.211. The lowest BCUT2D eigenvalue weighted by Gasteiger charge is -2.25. The molecule has 88 valence electrons. The molecule has 2 heterocycles. The minimum absolute atomic E-state index is 0.186. The number of urea groups is 1. The van der Waals surface area contributed by atoms with Crippen LogP contribution >= 0.6 is 27.7 Å². The number of rotatable bonds is 2. The highest BCUT2D eigenvalue weighted by Gasteiger charge is 2.42. The Morgan fingerprint density at radius 2 is 2.50 bits per heavy atom. The van der Waals surface area contributed by atoms with E-state index in [9.17, 15) is 9.90 Å². The zero-order chi connectivity index (χ0) is 11.7. The van der Waals surface area contributed by atoms with E-state index in [1.54, 1.807) is 11.8 Å². The molecule has 0 aromatic carbocycles. The maximum absolute atomic E-state index is 11.9. The number of hydrogen-bond acceptors (Lipinski definition) is 4. The number of carbonyl (C=O) groups is 1. The molecule has 2 amide bonds. The number of terminal acetylenes is 1. The fourth-order valence-electron chi connectivity index (χ4n) is 1.75.